The van der Waals surface area contributed by atoms with Crippen LogP contribution in [-0.2, 0) is 13.0 Å². The van der Waals surface area contributed by atoms with E-state index in [0.717, 1.165) is 37.5 Å². The summed E-state index contributed by atoms with van der Waals surface area (Å²) in [5, 5.41) is 4.26. The first-order valence-corrected chi connectivity index (χ1v) is 8.00. The second-order valence-electron chi connectivity index (χ2n) is 7.53. The Hall–Kier alpha value is -0.900. The van der Waals surface area contributed by atoms with Gasteiger partial charge in [-0.15, -0.1) is 0 Å². The molecule has 114 valence electrons. The quantitative estimate of drug-likeness (QED) is 0.864. The van der Waals surface area contributed by atoms with E-state index >= 15 is 0 Å². The van der Waals surface area contributed by atoms with Gasteiger partial charge in [-0.2, -0.15) is 5.10 Å². The van der Waals surface area contributed by atoms with Gasteiger partial charge >= 0.3 is 0 Å². The molecular formula is C16H30N4. The van der Waals surface area contributed by atoms with Crippen molar-refractivity contribution in [3.63, 3.8) is 0 Å². The lowest BCUT2D eigenvalue weighted by molar-refractivity contribution is 0.210. The van der Waals surface area contributed by atoms with Crippen LogP contribution in [0.3, 0.4) is 0 Å². The fourth-order valence-electron chi connectivity index (χ4n) is 3.48. The van der Waals surface area contributed by atoms with Crippen LogP contribution in [0.15, 0.2) is 6.33 Å². The van der Waals surface area contributed by atoms with Crippen LogP contribution < -0.4 is 5.73 Å². The highest BCUT2D eigenvalue weighted by atomic mass is 15.3. The summed E-state index contributed by atoms with van der Waals surface area (Å²) in [4.78, 5) is 4.40. The van der Waals surface area contributed by atoms with Crippen LogP contribution in [0, 0.1) is 11.3 Å². The summed E-state index contributed by atoms with van der Waals surface area (Å²) in [5.41, 5.74) is 7.00. The molecule has 2 N–H and O–H groups in total. The molecule has 1 aliphatic carbocycles. The average Bonchev–Trinajstić information content (AvgIpc) is 2.68. The molecule has 1 aromatic heterocycles. The molecule has 0 saturated heterocycles. The molecular weight excluding hydrogens is 248 g/mol. The van der Waals surface area contributed by atoms with Gasteiger partial charge in [0.15, 0.2) is 0 Å². The number of hydrogen-bond acceptors (Lipinski definition) is 3. The molecule has 2 unspecified atom stereocenters. The van der Waals surface area contributed by atoms with Crippen molar-refractivity contribution in [1.82, 2.24) is 14.8 Å². The monoisotopic (exact) mass is 278 g/mol. The Morgan fingerprint density at radius 2 is 2.10 bits per heavy atom. The molecule has 0 spiro atoms. The van der Waals surface area contributed by atoms with E-state index in [9.17, 15) is 0 Å². The Bertz CT molecular complexity index is 432. The van der Waals surface area contributed by atoms with Crippen LogP contribution in [0.1, 0.15) is 65.6 Å². The Kier molecular flexibility index (Phi) is 4.52. The van der Waals surface area contributed by atoms with Crippen molar-refractivity contribution in [2.45, 2.75) is 78.3 Å². The van der Waals surface area contributed by atoms with Crippen molar-refractivity contribution < 1.29 is 0 Å². The molecule has 1 heterocycles. The molecule has 2 rings (SSSR count). The SMILES string of the molecule is CCn1ncnc1CC1(N)CCCC(C(C)(C)C)CC1. The van der Waals surface area contributed by atoms with Crippen LogP contribution in [0.5, 0.6) is 0 Å². The fraction of sp³-hybridized carbons (Fsp3) is 0.875. The van der Waals surface area contributed by atoms with Crippen molar-refractivity contribution in [1.29, 1.82) is 0 Å². The van der Waals surface area contributed by atoms with Gasteiger partial charge in [0, 0.05) is 18.5 Å². The molecule has 0 amide bonds. The van der Waals surface area contributed by atoms with Gasteiger partial charge in [0.1, 0.15) is 12.2 Å². The molecule has 1 saturated carbocycles. The van der Waals surface area contributed by atoms with Crippen molar-refractivity contribution in [3.8, 4) is 0 Å². The first kappa shape index (κ1) is 15.5. The Balaban J connectivity index is 2.04. The molecule has 4 heteroatoms. The van der Waals surface area contributed by atoms with Crippen LogP contribution in [0.4, 0.5) is 0 Å². The minimum Gasteiger partial charge on any atom is -0.325 e. The van der Waals surface area contributed by atoms with Gasteiger partial charge < -0.3 is 5.73 Å². The number of hydrogen-bond donors (Lipinski definition) is 1. The van der Waals surface area contributed by atoms with Crippen molar-refractivity contribution in [2.24, 2.45) is 17.1 Å². The summed E-state index contributed by atoms with van der Waals surface area (Å²) in [6.45, 7) is 10.0. The second-order valence-corrected chi connectivity index (χ2v) is 7.53. The van der Waals surface area contributed by atoms with Crippen molar-refractivity contribution >= 4 is 0 Å². The Morgan fingerprint density at radius 3 is 2.75 bits per heavy atom. The van der Waals surface area contributed by atoms with Gasteiger partial charge in [-0.05, 0) is 43.9 Å². The maximum atomic E-state index is 6.70. The molecule has 1 aromatic rings. The van der Waals surface area contributed by atoms with E-state index in [1.807, 2.05) is 4.68 Å². The molecule has 1 fully saturated rings. The third-order valence-corrected chi connectivity index (χ3v) is 4.95. The number of rotatable bonds is 3. The van der Waals surface area contributed by atoms with Crippen LogP contribution in [0.2, 0.25) is 0 Å². The zero-order valence-electron chi connectivity index (χ0n) is 13.5. The summed E-state index contributed by atoms with van der Waals surface area (Å²) >= 11 is 0. The lowest BCUT2D eigenvalue weighted by Gasteiger charge is -2.31. The van der Waals surface area contributed by atoms with E-state index in [0.29, 0.717) is 5.41 Å². The largest absolute Gasteiger partial charge is 0.325 e. The van der Waals surface area contributed by atoms with Gasteiger partial charge in [0.25, 0.3) is 0 Å². The van der Waals surface area contributed by atoms with E-state index in [1.165, 1.54) is 19.3 Å². The maximum Gasteiger partial charge on any atom is 0.138 e. The summed E-state index contributed by atoms with van der Waals surface area (Å²) in [5.74, 6) is 1.83. The summed E-state index contributed by atoms with van der Waals surface area (Å²) in [6.07, 6.45) is 8.50. The predicted molar refractivity (Wildman–Crippen MR) is 82.3 cm³/mol. The minimum atomic E-state index is -0.0973. The van der Waals surface area contributed by atoms with Crippen LogP contribution >= 0.6 is 0 Å². The van der Waals surface area contributed by atoms with Crippen molar-refractivity contribution in [2.75, 3.05) is 0 Å². The lowest BCUT2D eigenvalue weighted by Crippen LogP contribution is -2.42. The van der Waals surface area contributed by atoms with E-state index in [1.54, 1.807) is 6.33 Å². The zero-order valence-corrected chi connectivity index (χ0v) is 13.5. The molecule has 0 radical (unpaired) electrons. The van der Waals surface area contributed by atoms with Gasteiger partial charge in [-0.3, -0.25) is 4.68 Å². The predicted octanol–water partition coefficient (Wildman–Crippen LogP) is 3.16. The van der Waals surface area contributed by atoms with Gasteiger partial charge in [-0.25, -0.2) is 4.98 Å². The van der Waals surface area contributed by atoms with E-state index in [2.05, 4.69) is 37.8 Å². The second kappa shape index (κ2) is 5.84. The van der Waals surface area contributed by atoms with Gasteiger partial charge in [-0.1, -0.05) is 27.2 Å². The maximum absolute atomic E-state index is 6.70. The summed E-state index contributed by atoms with van der Waals surface area (Å²) in [6, 6.07) is 0. The summed E-state index contributed by atoms with van der Waals surface area (Å²) < 4.78 is 1.97. The van der Waals surface area contributed by atoms with E-state index < -0.39 is 0 Å². The molecule has 0 aromatic carbocycles. The number of nitrogens with two attached hydrogens (primary N) is 1. The molecule has 0 aliphatic heterocycles. The van der Waals surface area contributed by atoms with Crippen molar-refractivity contribution in [3.05, 3.63) is 12.2 Å². The average molecular weight is 278 g/mol. The smallest absolute Gasteiger partial charge is 0.138 e. The van der Waals surface area contributed by atoms with E-state index in [4.69, 9.17) is 5.73 Å². The molecule has 1 aliphatic rings. The molecule has 0 bridgehead atoms. The normalized spacial score (nSPS) is 28.4. The molecule has 2 atom stereocenters. The third kappa shape index (κ3) is 3.60. The highest BCUT2D eigenvalue weighted by Crippen LogP contribution is 2.39. The zero-order chi connectivity index (χ0) is 14.8. The first-order valence-electron chi connectivity index (χ1n) is 8.00. The minimum absolute atomic E-state index is 0.0973. The van der Waals surface area contributed by atoms with Crippen LogP contribution in [-0.4, -0.2) is 20.3 Å². The van der Waals surface area contributed by atoms with Crippen LogP contribution in [0.25, 0.3) is 0 Å². The fourth-order valence-corrected chi connectivity index (χ4v) is 3.48. The van der Waals surface area contributed by atoms with Gasteiger partial charge in [0.2, 0.25) is 0 Å². The Labute approximate surface area is 123 Å². The topological polar surface area (TPSA) is 56.7 Å². The van der Waals surface area contributed by atoms with E-state index in [-0.39, 0.29) is 5.54 Å². The Morgan fingerprint density at radius 1 is 1.35 bits per heavy atom. The molecule has 4 nitrogen and oxygen atoms in total. The number of nitrogens with zero attached hydrogens (tertiary/aromatic N) is 3. The number of aryl methyl sites for hydroxylation is 1. The number of aromatic nitrogens is 3. The lowest BCUT2D eigenvalue weighted by atomic mass is 9.76. The van der Waals surface area contributed by atoms with Gasteiger partial charge in [0.05, 0.1) is 0 Å². The highest BCUT2D eigenvalue weighted by Gasteiger charge is 2.34. The molecule has 20 heavy (non-hydrogen) atoms. The standard InChI is InChI=1S/C16H30N4/c1-5-20-14(18-12-19-20)11-16(17)9-6-7-13(8-10-16)15(2,3)4/h12-13H,5-11,17H2,1-4H3. The summed E-state index contributed by atoms with van der Waals surface area (Å²) in [7, 11) is 0. The first-order chi connectivity index (χ1) is 9.34. The third-order valence-electron chi connectivity index (χ3n) is 4.95. The highest BCUT2D eigenvalue weighted by molar-refractivity contribution is 4.99.